The highest BCUT2D eigenvalue weighted by Crippen LogP contribution is 2.19. The van der Waals surface area contributed by atoms with Crippen LogP contribution in [0.25, 0.3) is 6.08 Å². The van der Waals surface area contributed by atoms with Crippen LogP contribution in [0, 0.1) is 11.3 Å². The molecule has 0 bridgehead atoms. The number of nitrogens with one attached hydrogen (secondary N) is 1. The van der Waals surface area contributed by atoms with Crippen molar-refractivity contribution in [3.05, 3.63) is 65.2 Å². The molecule has 1 amide bonds. The summed E-state index contributed by atoms with van der Waals surface area (Å²) in [5.41, 5.74) is 3.99. The summed E-state index contributed by atoms with van der Waals surface area (Å²) >= 11 is 0. The van der Waals surface area contributed by atoms with Crippen LogP contribution in [0.1, 0.15) is 18.1 Å². The zero-order chi connectivity index (χ0) is 19.9. The molecule has 3 rings (SSSR count). The number of anilines is 2. The summed E-state index contributed by atoms with van der Waals surface area (Å²) in [6, 6.07) is 17.7. The molecule has 0 saturated carbocycles. The Balaban J connectivity index is 1.67. The van der Waals surface area contributed by atoms with Gasteiger partial charge < -0.3 is 15.1 Å². The predicted octanol–water partition coefficient (Wildman–Crippen LogP) is 3.55. The van der Waals surface area contributed by atoms with Gasteiger partial charge in [-0.15, -0.1) is 0 Å². The molecular formula is C23H26N4O. The smallest absolute Gasteiger partial charge is 0.266 e. The molecule has 2 aromatic carbocycles. The van der Waals surface area contributed by atoms with Crippen molar-refractivity contribution >= 4 is 23.4 Å². The maximum atomic E-state index is 12.4. The fourth-order valence-electron chi connectivity index (χ4n) is 3.18. The van der Waals surface area contributed by atoms with E-state index in [-0.39, 0.29) is 5.57 Å². The Labute approximate surface area is 166 Å². The second-order valence-electron chi connectivity index (χ2n) is 7.06. The van der Waals surface area contributed by atoms with Gasteiger partial charge in [0, 0.05) is 37.6 Å². The van der Waals surface area contributed by atoms with Crippen molar-refractivity contribution < 1.29 is 4.79 Å². The van der Waals surface area contributed by atoms with E-state index in [0.717, 1.165) is 38.2 Å². The lowest BCUT2D eigenvalue weighted by Gasteiger charge is -2.34. The number of piperazine rings is 1. The van der Waals surface area contributed by atoms with Gasteiger partial charge in [-0.1, -0.05) is 31.2 Å². The molecule has 0 radical (unpaired) electrons. The molecule has 0 atom stereocenters. The fourth-order valence-corrected chi connectivity index (χ4v) is 3.18. The van der Waals surface area contributed by atoms with Crippen LogP contribution in [0.4, 0.5) is 11.4 Å². The molecule has 1 N–H and O–H groups in total. The molecule has 0 aliphatic carbocycles. The minimum Gasteiger partial charge on any atom is -0.369 e. The second-order valence-corrected chi connectivity index (χ2v) is 7.06. The first-order chi connectivity index (χ1) is 13.6. The highest BCUT2D eigenvalue weighted by Gasteiger charge is 2.14. The van der Waals surface area contributed by atoms with Gasteiger partial charge in [-0.2, -0.15) is 5.26 Å². The molecule has 5 heteroatoms. The van der Waals surface area contributed by atoms with Crippen molar-refractivity contribution in [2.24, 2.45) is 0 Å². The van der Waals surface area contributed by atoms with Crippen LogP contribution in [0.3, 0.4) is 0 Å². The zero-order valence-electron chi connectivity index (χ0n) is 16.5. The summed E-state index contributed by atoms with van der Waals surface area (Å²) in [6.07, 6.45) is 2.57. The number of nitrogens with zero attached hydrogens (tertiary/aromatic N) is 3. The van der Waals surface area contributed by atoms with Crippen molar-refractivity contribution in [2.45, 2.75) is 13.3 Å². The Hall–Kier alpha value is -3.10. The van der Waals surface area contributed by atoms with Crippen molar-refractivity contribution in [1.29, 1.82) is 5.26 Å². The highest BCUT2D eigenvalue weighted by atomic mass is 16.1. The van der Waals surface area contributed by atoms with E-state index < -0.39 is 5.91 Å². The summed E-state index contributed by atoms with van der Waals surface area (Å²) in [5, 5.41) is 12.2. The van der Waals surface area contributed by atoms with E-state index in [1.54, 1.807) is 6.08 Å². The Morgan fingerprint density at radius 2 is 1.71 bits per heavy atom. The predicted molar refractivity (Wildman–Crippen MR) is 114 cm³/mol. The Morgan fingerprint density at radius 3 is 2.29 bits per heavy atom. The van der Waals surface area contributed by atoms with Crippen molar-refractivity contribution in [2.75, 3.05) is 43.4 Å². The third-order valence-corrected chi connectivity index (χ3v) is 5.06. The van der Waals surface area contributed by atoms with E-state index in [2.05, 4.69) is 29.1 Å². The van der Waals surface area contributed by atoms with Crippen LogP contribution in [0.2, 0.25) is 0 Å². The second kappa shape index (κ2) is 9.20. The Kier molecular flexibility index (Phi) is 6.46. The van der Waals surface area contributed by atoms with Crippen LogP contribution < -0.4 is 10.2 Å². The number of likely N-dealkylation sites (N-methyl/N-ethyl adjacent to an activating group) is 1. The van der Waals surface area contributed by atoms with Gasteiger partial charge in [0.2, 0.25) is 0 Å². The standard InChI is InChI=1S/C23H26N4O/c1-3-18-4-8-21(9-5-18)25-23(28)20(17-24)16-19-6-10-22(11-7-19)27-14-12-26(2)13-15-27/h4-11,16H,3,12-15H2,1-2H3,(H,25,28)/b20-16-. The summed E-state index contributed by atoms with van der Waals surface area (Å²) in [7, 11) is 2.14. The van der Waals surface area contributed by atoms with Gasteiger partial charge in [-0.25, -0.2) is 0 Å². The van der Waals surface area contributed by atoms with Gasteiger partial charge in [-0.3, -0.25) is 4.79 Å². The van der Waals surface area contributed by atoms with E-state index in [0.29, 0.717) is 5.69 Å². The molecule has 2 aromatic rings. The first-order valence-corrected chi connectivity index (χ1v) is 9.64. The first kappa shape index (κ1) is 19.7. The van der Waals surface area contributed by atoms with E-state index in [1.165, 1.54) is 11.3 Å². The van der Waals surface area contributed by atoms with E-state index >= 15 is 0 Å². The largest absolute Gasteiger partial charge is 0.369 e. The molecule has 1 fully saturated rings. The third kappa shape index (κ3) is 4.99. The number of amides is 1. The lowest BCUT2D eigenvalue weighted by Crippen LogP contribution is -2.44. The fraction of sp³-hybridized carbons (Fsp3) is 0.304. The van der Waals surface area contributed by atoms with Crippen LogP contribution in [0.5, 0.6) is 0 Å². The first-order valence-electron chi connectivity index (χ1n) is 9.64. The summed E-state index contributed by atoms with van der Waals surface area (Å²) in [4.78, 5) is 17.1. The quantitative estimate of drug-likeness (QED) is 0.642. The number of carbonyl (C=O) groups excluding carboxylic acids is 1. The van der Waals surface area contributed by atoms with Crippen LogP contribution >= 0.6 is 0 Å². The van der Waals surface area contributed by atoms with Gasteiger partial charge in [0.15, 0.2) is 0 Å². The molecule has 1 aliphatic rings. The molecule has 0 unspecified atom stereocenters. The number of carbonyl (C=O) groups is 1. The van der Waals surface area contributed by atoms with Crippen molar-refractivity contribution in [3.63, 3.8) is 0 Å². The average Bonchev–Trinajstić information content (AvgIpc) is 2.73. The summed E-state index contributed by atoms with van der Waals surface area (Å²) < 4.78 is 0. The van der Waals surface area contributed by atoms with Crippen LogP contribution in [-0.4, -0.2) is 44.0 Å². The Morgan fingerprint density at radius 1 is 1.07 bits per heavy atom. The molecule has 0 spiro atoms. The number of nitriles is 1. The molecule has 1 saturated heterocycles. The number of hydrogen-bond acceptors (Lipinski definition) is 4. The topological polar surface area (TPSA) is 59.4 Å². The lowest BCUT2D eigenvalue weighted by molar-refractivity contribution is -0.112. The maximum absolute atomic E-state index is 12.4. The number of benzene rings is 2. The van der Waals surface area contributed by atoms with E-state index in [9.17, 15) is 10.1 Å². The summed E-state index contributed by atoms with van der Waals surface area (Å²) in [6.45, 7) is 6.21. The molecule has 0 aromatic heterocycles. The van der Waals surface area contributed by atoms with Gasteiger partial charge in [0.25, 0.3) is 5.91 Å². The molecule has 1 aliphatic heterocycles. The SMILES string of the molecule is CCc1ccc(NC(=O)/C(C#N)=C\c2ccc(N3CCN(C)CC3)cc2)cc1. The number of aryl methyl sites for hydroxylation is 1. The number of rotatable bonds is 5. The normalized spacial score (nSPS) is 15.2. The minimum absolute atomic E-state index is 0.0897. The lowest BCUT2D eigenvalue weighted by atomic mass is 10.1. The molecule has 28 heavy (non-hydrogen) atoms. The zero-order valence-corrected chi connectivity index (χ0v) is 16.5. The van der Waals surface area contributed by atoms with Gasteiger partial charge in [-0.05, 0) is 54.9 Å². The average molecular weight is 374 g/mol. The molecule has 5 nitrogen and oxygen atoms in total. The van der Waals surface area contributed by atoms with E-state index in [4.69, 9.17) is 0 Å². The molecular weight excluding hydrogens is 348 g/mol. The van der Waals surface area contributed by atoms with Gasteiger partial charge in [0.05, 0.1) is 0 Å². The van der Waals surface area contributed by atoms with Crippen LogP contribution in [-0.2, 0) is 11.2 Å². The van der Waals surface area contributed by atoms with Gasteiger partial charge >= 0.3 is 0 Å². The highest BCUT2D eigenvalue weighted by molar-refractivity contribution is 6.09. The number of hydrogen-bond donors (Lipinski definition) is 1. The van der Waals surface area contributed by atoms with Crippen molar-refractivity contribution in [1.82, 2.24) is 4.90 Å². The van der Waals surface area contributed by atoms with Crippen molar-refractivity contribution in [3.8, 4) is 6.07 Å². The third-order valence-electron chi connectivity index (χ3n) is 5.06. The summed E-state index contributed by atoms with van der Waals surface area (Å²) in [5.74, 6) is -0.394. The maximum Gasteiger partial charge on any atom is 0.266 e. The minimum atomic E-state index is -0.394. The van der Waals surface area contributed by atoms with Crippen LogP contribution in [0.15, 0.2) is 54.1 Å². The Bertz CT molecular complexity index is 870. The monoisotopic (exact) mass is 374 g/mol. The molecule has 1 heterocycles. The van der Waals surface area contributed by atoms with Gasteiger partial charge in [0.1, 0.15) is 11.6 Å². The molecule has 144 valence electrons. The van der Waals surface area contributed by atoms with E-state index in [1.807, 2.05) is 54.6 Å².